The van der Waals surface area contributed by atoms with E-state index in [1.54, 1.807) is 16.9 Å². The maximum absolute atomic E-state index is 14.5. The topological polar surface area (TPSA) is 74.4 Å². The number of fused-ring (bicyclic) bond motifs is 1. The molecule has 7 rings (SSSR count). The molecule has 1 spiro atoms. The Hall–Kier alpha value is -2.07. The largest absolute Gasteiger partial charge is 0.353 e. The van der Waals surface area contributed by atoms with Crippen molar-refractivity contribution in [3.8, 4) is 11.1 Å². The van der Waals surface area contributed by atoms with E-state index in [-0.39, 0.29) is 11.5 Å². The highest BCUT2D eigenvalue weighted by Gasteiger charge is 2.46. The van der Waals surface area contributed by atoms with Crippen molar-refractivity contribution in [3.63, 3.8) is 0 Å². The number of hydrogen-bond acceptors (Lipinski definition) is 6. The summed E-state index contributed by atoms with van der Waals surface area (Å²) < 4.78 is 30.8. The van der Waals surface area contributed by atoms with Crippen LogP contribution in [0.25, 0.3) is 11.1 Å². The van der Waals surface area contributed by atoms with Crippen LogP contribution in [0.2, 0.25) is 0 Å². The van der Waals surface area contributed by atoms with E-state index in [1.165, 1.54) is 64.5 Å². The Labute approximate surface area is 268 Å². The van der Waals surface area contributed by atoms with E-state index in [0.717, 1.165) is 67.5 Å². The van der Waals surface area contributed by atoms with Crippen molar-refractivity contribution >= 4 is 5.69 Å². The molecule has 1 aromatic carbocycles. The van der Waals surface area contributed by atoms with Crippen LogP contribution in [0.15, 0.2) is 24.5 Å². The van der Waals surface area contributed by atoms with E-state index >= 15 is 0 Å². The lowest BCUT2D eigenvalue weighted by molar-refractivity contribution is 0.0499. The second kappa shape index (κ2) is 12.5. The Morgan fingerprint density at radius 3 is 2.40 bits per heavy atom. The molecule has 4 fully saturated rings. The number of benzene rings is 1. The Kier molecular flexibility index (Phi) is 8.76. The van der Waals surface area contributed by atoms with Gasteiger partial charge in [-0.05, 0) is 132 Å². The molecule has 2 saturated heterocycles. The van der Waals surface area contributed by atoms with Crippen molar-refractivity contribution in [2.75, 3.05) is 44.7 Å². The summed E-state index contributed by atoms with van der Waals surface area (Å²) in [6.07, 6.45) is 14.8. The number of nitrogens with two attached hydrogens (primary N) is 1. The van der Waals surface area contributed by atoms with Crippen LogP contribution in [-0.4, -0.2) is 72.2 Å². The van der Waals surface area contributed by atoms with Gasteiger partial charge >= 0.3 is 0 Å². The molecule has 2 saturated carbocycles. The van der Waals surface area contributed by atoms with Gasteiger partial charge in [-0.3, -0.25) is 4.68 Å². The van der Waals surface area contributed by atoms with Gasteiger partial charge < -0.3 is 26.2 Å². The molecule has 2 aromatic rings. The minimum absolute atomic E-state index is 0.0640. The Bertz CT molecular complexity index is 1320. The summed E-state index contributed by atoms with van der Waals surface area (Å²) in [5.74, 6) is 2.00. The SMILES string of the molecule is CN1CCC(NC2CCC(C3CCC4(CC3)CNC4)CC2)C([C@@](C)(N)N2CCCc3cc(-c4cnn(C)c4)c(C(F)F)cc32)C1. The van der Waals surface area contributed by atoms with Crippen molar-refractivity contribution in [1.82, 2.24) is 25.3 Å². The highest BCUT2D eigenvalue weighted by molar-refractivity contribution is 5.73. The Morgan fingerprint density at radius 1 is 1.02 bits per heavy atom. The average Bonchev–Trinajstić information content (AvgIpc) is 3.46. The first-order chi connectivity index (χ1) is 21.6. The van der Waals surface area contributed by atoms with Crippen molar-refractivity contribution in [2.45, 2.75) is 102 Å². The molecule has 248 valence electrons. The molecule has 0 bridgehead atoms. The Morgan fingerprint density at radius 2 is 1.76 bits per heavy atom. The van der Waals surface area contributed by atoms with Gasteiger partial charge in [-0.15, -0.1) is 0 Å². The summed E-state index contributed by atoms with van der Waals surface area (Å²) in [4.78, 5) is 4.67. The normalized spacial score (nSPS) is 30.7. The molecule has 2 aliphatic carbocycles. The van der Waals surface area contributed by atoms with E-state index in [9.17, 15) is 8.78 Å². The van der Waals surface area contributed by atoms with Crippen molar-refractivity contribution in [1.29, 1.82) is 0 Å². The monoisotopic (exact) mass is 623 g/mol. The summed E-state index contributed by atoms with van der Waals surface area (Å²) in [5.41, 5.74) is 10.8. The molecule has 3 aliphatic heterocycles. The summed E-state index contributed by atoms with van der Waals surface area (Å²) in [5, 5.41) is 11.9. The summed E-state index contributed by atoms with van der Waals surface area (Å²) in [6.45, 7) is 7.39. The lowest BCUT2D eigenvalue weighted by Gasteiger charge is -2.53. The maximum atomic E-state index is 14.5. The van der Waals surface area contributed by atoms with E-state index in [2.05, 4.69) is 39.5 Å². The standard InChI is InChI=1S/C36H55F2N7/c1-35(39,45-15-4-5-26-17-29(27-19-41-44(3)20-27)30(34(37)38)18-33(26)45)31-21-43(2)16-12-32(31)42-28-8-6-24(7-9-28)25-10-13-36(14-11-25)22-40-23-36/h17-20,24-25,28,31-32,34,40,42H,4-16,21-23,39H2,1-3H3/t24?,28?,31?,32?,35-/m0/s1. The number of hydrogen-bond donors (Lipinski definition) is 3. The van der Waals surface area contributed by atoms with Crippen molar-refractivity contribution < 1.29 is 8.78 Å². The lowest BCUT2D eigenvalue weighted by atomic mass is 9.63. The minimum atomic E-state index is -2.58. The highest BCUT2D eigenvalue weighted by Crippen LogP contribution is 2.47. The van der Waals surface area contributed by atoms with Crippen LogP contribution in [-0.2, 0) is 13.5 Å². The van der Waals surface area contributed by atoms with Crippen LogP contribution >= 0.6 is 0 Å². The van der Waals surface area contributed by atoms with Gasteiger partial charge in [0.15, 0.2) is 0 Å². The van der Waals surface area contributed by atoms with Gasteiger partial charge in [0.2, 0.25) is 0 Å². The average molecular weight is 624 g/mol. The fourth-order valence-electron chi connectivity index (χ4n) is 9.86. The first kappa shape index (κ1) is 31.5. The van der Waals surface area contributed by atoms with Crippen LogP contribution < -0.4 is 21.3 Å². The predicted molar refractivity (Wildman–Crippen MR) is 177 cm³/mol. The van der Waals surface area contributed by atoms with Gasteiger partial charge in [-0.25, -0.2) is 8.78 Å². The quantitative estimate of drug-likeness (QED) is 0.368. The maximum Gasteiger partial charge on any atom is 0.264 e. The lowest BCUT2D eigenvalue weighted by Crippen LogP contribution is -2.69. The van der Waals surface area contributed by atoms with Gasteiger partial charge in [0, 0.05) is 74.2 Å². The molecule has 7 nitrogen and oxygen atoms in total. The van der Waals surface area contributed by atoms with E-state index in [0.29, 0.717) is 23.1 Å². The number of aromatic nitrogens is 2. The second-order valence-electron chi connectivity index (χ2n) is 15.7. The third-order valence-electron chi connectivity index (χ3n) is 12.7. The van der Waals surface area contributed by atoms with Crippen LogP contribution in [0.1, 0.15) is 88.7 Å². The van der Waals surface area contributed by atoms with Gasteiger partial charge in [0.25, 0.3) is 6.43 Å². The summed E-state index contributed by atoms with van der Waals surface area (Å²) >= 11 is 0. The van der Waals surface area contributed by atoms with Gasteiger partial charge in [0.05, 0.1) is 11.9 Å². The molecule has 4 N–H and O–H groups in total. The summed E-state index contributed by atoms with van der Waals surface area (Å²) in [6, 6.07) is 4.57. The van der Waals surface area contributed by atoms with Crippen LogP contribution in [0.5, 0.6) is 0 Å². The number of rotatable bonds is 7. The first-order valence-electron chi connectivity index (χ1n) is 17.8. The molecule has 2 unspecified atom stereocenters. The fraction of sp³-hybridized carbons (Fsp3) is 0.750. The zero-order valence-corrected chi connectivity index (χ0v) is 27.7. The fourth-order valence-corrected chi connectivity index (χ4v) is 9.86. The molecule has 9 heteroatoms. The van der Waals surface area contributed by atoms with Crippen molar-refractivity contribution in [3.05, 3.63) is 35.7 Å². The van der Waals surface area contributed by atoms with Crippen molar-refractivity contribution in [2.24, 2.45) is 36.0 Å². The molecule has 0 amide bonds. The number of alkyl halides is 2. The zero-order valence-electron chi connectivity index (χ0n) is 27.7. The van der Waals surface area contributed by atoms with Crippen LogP contribution in [0, 0.1) is 23.2 Å². The number of piperidine rings is 1. The van der Waals surface area contributed by atoms with Crippen LogP contribution in [0.4, 0.5) is 14.5 Å². The molecular formula is C36H55F2N7. The first-order valence-corrected chi connectivity index (χ1v) is 17.8. The van der Waals surface area contributed by atoms with E-state index in [1.807, 2.05) is 19.3 Å². The number of aryl methyl sites for hydroxylation is 2. The molecule has 0 radical (unpaired) electrons. The summed E-state index contributed by atoms with van der Waals surface area (Å²) in [7, 11) is 4.01. The highest BCUT2D eigenvalue weighted by atomic mass is 19.3. The number of nitrogens with one attached hydrogen (secondary N) is 2. The smallest absolute Gasteiger partial charge is 0.264 e. The molecule has 45 heavy (non-hydrogen) atoms. The third kappa shape index (κ3) is 6.19. The van der Waals surface area contributed by atoms with Gasteiger partial charge in [-0.2, -0.15) is 5.10 Å². The van der Waals surface area contributed by atoms with E-state index in [4.69, 9.17) is 5.73 Å². The zero-order chi connectivity index (χ0) is 31.3. The predicted octanol–water partition coefficient (Wildman–Crippen LogP) is 5.70. The number of anilines is 1. The second-order valence-corrected chi connectivity index (χ2v) is 15.7. The Balaban J connectivity index is 1.06. The minimum Gasteiger partial charge on any atom is -0.353 e. The van der Waals surface area contributed by atoms with Gasteiger partial charge in [0.1, 0.15) is 0 Å². The molecular weight excluding hydrogens is 568 g/mol. The third-order valence-corrected chi connectivity index (χ3v) is 12.7. The molecule has 4 heterocycles. The van der Waals surface area contributed by atoms with E-state index < -0.39 is 12.1 Å². The molecule has 1 aromatic heterocycles. The molecule has 3 atom stereocenters. The number of nitrogens with zero attached hydrogens (tertiary/aromatic N) is 4. The number of likely N-dealkylation sites (tertiary alicyclic amines) is 1. The van der Waals surface area contributed by atoms with Gasteiger partial charge in [-0.1, -0.05) is 0 Å². The number of halogens is 2. The molecule has 5 aliphatic rings. The van der Waals surface area contributed by atoms with Crippen LogP contribution in [0.3, 0.4) is 0 Å².